The van der Waals surface area contributed by atoms with Crippen molar-refractivity contribution < 1.29 is 14.5 Å². The van der Waals surface area contributed by atoms with E-state index in [0.717, 1.165) is 0 Å². The highest BCUT2D eigenvalue weighted by Gasteiger charge is 2.26. The van der Waals surface area contributed by atoms with Crippen LogP contribution in [0.2, 0.25) is 0 Å². The third kappa shape index (κ3) is 2.39. The molecule has 84 valence electrons. The number of nitro groups is 1. The summed E-state index contributed by atoms with van der Waals surface area (Å²) in [5.41, 5.74) is -0.412. The first-order valence-corrected chi connectivity index (χ1v) is 5.68. The SMILES string of the molecule is COc1c(Br)cc(I)c(N=C=O)c1[N+](=O)[O-]. The molecule has 0 atom stereocenters. The van der Waals surface area contributed by atoms with Gasteiger partial charge in [-0.1, -0.05) is 0 Å². The summed E-state index contributed by atoms with van der Waals surface area (Å²) in [4.78, 5) is 23.8. The number of aliphatic imine (C=N–C) groups is 1. The molecule has 0 radical (unpaired) electrons. The van der Waals surface area contributed by atoms with Crippen molar-refractivity contribution in [2.24, 2.45) is 4.99 Å². The van der Waals surface area contributed by atoms with Crippen LogP contribution in [0.1, 0.15) is 0 Å². The molecule has 0 aliphatic rings. The third-order valence-corrected chi connectivity index (χ3v) is 3.09. The Labute approximate surface area is 112 Å². The average molecular weight is 399 g/mol. The molecule has 0 aliphatic heterocycles. The van der Waals surface area contributed by atoms with E-state index in [9.17, 15) is 14.9 Å². The molecular weight excluding hydrogens is 395 g/mol. The van der Waals surface area contributed by atoms with Crippen molar-refractivity contribution in [3.8, 4) is 5.75 Å². The first-order chi connectivity index (χ1) is 7.52. The minimum Gasteiger partial charge on any atom is -0.489 e. The number of ether oxygens (including phenoxy) is 1. The lowest BCUT2D eigenvalue weighted by Gasteiger charge is -2.07. The molecule has 0 N–H and O–H groups in total. The van der Waals surface area contributed by atoms with Crippen LogP contribution in [0, 0.1) is 13.7 Å². The smallest absolute Gasteiger partial charge is 0.339 e. The number of hydrogen-bond acceptors (Lipinski definition) is 5. The molecule has 0 aromatic heterocycles. The van der Waals surface area contributed by atoms with Crippen LogP contribution < -0.4 is 4.74 Å². The number of halogens is 2. The highest BCUT2D eigenvalue weighted by Crippen LogP contribution is 2.44. The van der Waals surface area contributed by atoms with Crippen molar-refractivity contribution >= 4 is 56.0 Å². The van der Waals surface area contributed by atoms with Gasteiger partial charge in [-0.05, 0) is 44.6 Å². The van der Waals surface area contributed by atoms with Crippen molar-refractivity contribution in [2.75, 3.05) is 7.11 Å². The Morgan fingerprint density at radius 1 is 1.69 bits per heavy atom. The zero-order valence-corrected chi connectivity index (χ0v) is 11.6. The molecule has 0 bridgehead atoms. The molecule has 0 saturated carbocycles. The van der Waals surface area contributed by atoms with Crippen LogP contribution in [0.15, 0.2) is 15.5 Å². The molecule has 6 nitrogen and oxygen atoms in total. The van der Waals surface area contributed by atoms with Crippen LogP contribution in [0.5, 0.6) is 5.75 Å². The van der Waals surface area contributed by atoms with Crippen LogP contribution in [-0.4, -0.2) is 18.1 Å². The second-order valence-electron chi connectivity index (χ2n) is 2.53. The molecule has 0 heterocycles. The van der Waals surface area contributed by atoms with Crippen LogP contribution in [0.4, 0.5) is 11.4 Å². The van der Waals surface area contributed by atoms with Gasteiger partial charge in [0, 0.05) is 3.57 Å². The second-order valence-corrected chi connectivity index (χ2v) is 4.55. The number of nitrogens with zero attached hydrogens (tertiary/aromatic N) is 2. The Hall–Kier alpha value is -0.990. The van der Waals surface area contributed by atoms with Gasteiger partial charge in [0.25, 0.3) is 0 Å². The van der Waals surface area contributed by atoms with Gasteiger partial charge in [0.05, 0.1) is 16.5 Å². The monoisotopic (exact) mass is 398 g/mol. The van der Waals surface area contributed by atoms with E-state index in [1.807, 2.05) is 22.6 Å². The van der Waals surface area contributed by atoms with Gasteiger partial charge in [0.1, 0.15) is 0 Å². The summed E-state index contributed by atoms with van der Waals surface area (Å²) in [6.45, 7) is 0. The minimum absolute atomic E-state index is 0.0272. The van der Waals surface area contributed by atoms with Crippen molar-refractivity contribution in [1.29, 1.82) is 0 Å². The van der Waals surface area contributed by atoms with E-state index >= 15 is 0 Å². The molecule has 1 aromatic rings. The molecule has 0 saturated heterocycles. The van der Waals surface area contributed by atoms with E-state index in [4.69, 9.17) is 4.74 Å². The summed E-state index contributed by atoms with van der Waals surface area (Å²) in [7, 11) is 1.30. The molecule has 8 heteroatoms. The Kier molecular flexibility index (Phi) is 4.39. The summed E-state index contributed by atoms with van der Waals surface area (Å²) in [5.74, 6) is 0.0272. The summed E-state index contributed by atoms with van der Waals surface area (Å²) in [5, 5.41) is 10.9. The van der Waals surface area contributed by atoms with E-state index in [1.165, 1.54) is 13.2 Å². The fourth-order valence-corrected chi connectivity index (χ4v) is 2.79. The van der Waals surface area contributed by atoms with E-state index in [1.54, 1.807) is 6.07 Å². The largest absolute Gasteiger partial charge is 0.489 e. The van der Waals surface area contributed by atoms with Crippen LogP contribution in [0.3, 0.4) is 0 Å². The highest BCUT2D eigenvalue weighted by atomic mass is 127. The summed E-state index contributed by atoms with van der Waals surface area (Å²) < 4.78 is 5.78. The Morgan fingerprint density at radius 2 is 2.31 bits per heavy atom. The molecule has 16 heavy (non-hydrogen) atoms. The van der Waals surface area contributed by atoms with Crippen LogP contribution >= 0.6 is 38.5 Å². The lowest BCUT2D eigenvalue weighted by Crippen LogP contribution is -1.96. The van der Waals surface area contributed by atoms with Crippen molar-refractivity contribution in [2.45, 2.75) is 0 Å². The van der Waals surface area contributed by atoms with E-state index in [-0.39, 0.29) is 17.1 Å². The topological polar surface area (TPSA) is 81.8 Å². The van der Waals surface area contributed by atoms with Crippen molar-refractivity contribution in [3.63, 3.8) is 0 Å². The van der Waals surface area contributed by atoms with E-state index in [2.05, 4.69) is 20.9 Å². The number of carbonyl (C=O) groups excluding carboxylic acids is 1. The predicted molar refractivity (Wildman–Crippen MR) is 67.8 cm³/mol. The number of isocyanates is 1. The van der Waals surface area contributed by atoms with Crippen LogP contribution in [0.25, 0.3) is 0 Å². The van der Waals surface area contributed by atoms with Gasteiger partial charge < -0.3 is 4.74 Å². The average Bonchev–Trinajstić information content (AvgIpc) is 2.21. The fourth-order valence-electron chi connectivity index (χ4n) is 1.09. The number of hydrogen-bond donors (Lipinski definition) is 0. The maximum Gasteiger partial charge on any atom is 0.339 e. The zero-order valence-electron chi connectivity index (χ0n) is 7.86. The molecule has 1 rings (SSSR count). The van der Waals surface area contributed by atoms with Crippen molar-refractivity contribution in [1.82, 2.24) is 0 Å². The quantitative estimate of drug-likeness (QED) is 0.258. The standard InChI is InChI=1S/C8H4BrIN2O4/c1-16-8-4(9)2-5(10)6(11-3-13)7(8)12(14)15/h2H,1H3. The molecule has 0 amide bonds. The highest BCUT2D eigenvalue weighted by molar-refractivity contribution is 14.1. The Balaban J connectivity index is 3.71. The van der Waals surface area contributed by atoms with Gasteiger partial charge in [-0.3, -0.25) is 10.1 Å². The zero-order chi connectivity index (χ0) is 12.3. The van der Waals surface area contributed by atoms with Crippen LogP contribution in [-0.2, 0) is 4.79 Å². The van der Waals surface area contributed by atoms with Gasteiger partial charge in [-0.2, -0.15) is 4.99 Å². The van der Waals surface area contributed by atoms with Gasteiger partial charge in [0.15, 0.2) is 5.69 Å². The first kappa shape index (κ1) is 13.1. The lowest BCUT2D eigenvalue weighted by atomic mass is 10.2. The molecule has 1 aromatic carbocycles. The van der Waals surface area contributed by atoms with Gasteiger partial charge in [-0.15, -0.1) is 0 Å². The molecule has 0 aliphatic carbocycles. The second kappa shape index (κ2) is 5.37. The molecule has 0 unspecified atom stereocenters. The number of benzene rings is 1. The number of nitro benzene ring substituents is 1. The summed E-state index contributed by atoms with van der Waals surface area (Å²) in [6, 6.07) is 1.57. The van der Waals surface area contributed by atoms with Gasteiger partial charge in [-0.25, -0.2) is 4.79 Å². The molecule has 0 spiro atoms. The first-order valence-electron chi connectivity index (χ1n) is 3.81. The predicted octanol–water partition coefficient (Wildman–Crippen LogP) is 2.94. The number of rotatable bonds is 3. The Morgan fingerprint density at radius 3 is 2.75 bits per heavy atom. The van der Waals surface area contributed by atoms with E-state index in [0.29, 0.717) is 8.04 Å². The maximum absolute atomic E-state index is 10.9. The lowest BCUT2D eigenvalue weighted by molar-refractivity contribution is -0.385. The molecular formula is C8H4BrIN2O4. The summed E-state index contributed by atoms with van der Waals surface area (Å²) in [6.07, 6.45) is 1.29. The maximum atomic E-state index is 10.9. The fraction of sp³-hybridized carbons (Fsp3) is 0.125. The minimum atomic E-state index is -0.651. The number of methoxy groups -OCH3 is 1. The van der Waals surface area contributed by atoms with E-state index < -0.39 is 4.92 Å². The molecule has 0 fully saturated rings. The third-order valence-electron chi connectivity index (χ3n) is 1.68. The van der Waals surface area contributed by atoms with Gasteiger partial charge >= 0.3 is 5.69 Å². The Bertz CT molecular complexity index is 499. The summed E-state index contributed by atoms with van der Waals surface area (Å²) >= 11 is 4.98. The van der Waals surface area contributed by atoms with Crippen molar-refractivity contribution in [3.05, 3.63) is 24.2 Å². The normalized spacial score (nSPS) is 9.44. The van der Waals surface area contributed by atoms with Gasteiger partial charge in [0.2, 0.25) is 11.8 Å².